The van der Waals surface area contributed by atoms with E-state index in [1.165, 1.54) is 12.3 Å². The number of ether oxygens (including phenoxy) is 1. The van der Waals surface area contributed by atoms with Crippen LogP contribution in [0.5, 0.6) is 5.75 Å². The van der Waals surface area contributed by atoms with Gasteiger partial charge in [-0.3, -0.25) is 9.59 Å². The second-order valence-electron chi connectivity index (χ2n) is 6.72. The maximum Gasteiger partial charge on any atom is 0.257 e. The number of para-hydroxylation sites is 2. The van der Waals surface area contributed by atoms with Crippen LogP contribution in [0.2, 0.25) is 0 Å². The topological polar surface area (TPSA) is 75.5 Å². The van der Waals surface area contributed by atoms with E-state index in [4.69, 9.17) is 9.15 Å². The molecule has 0 fully saturated rings. The number of hydrogen-bond acceptors (Lipinski definition) is 4. The van der Waals surface area contributed by atoms with Crippen molar-refractivity contribution in [2.24, 2.45) is 0 Å². The lowest BCUT2D eigenvalue weighted by Gasteiger charge is -2.18. The molecule has 0 aliphatic rings. The standard InChI is InChI=1S/C23H20N2O4/c1-25(14-16-13-22(26)24-20-10-6-5-9-18(16)20)23(27)19-11-12-28-21(19)15-29-17-7-3-2-4-8-17/h2-13H,14-15H2,1H3,(H,24,26). The van der Waals surface area contributed by atoms with E-state index in [-0.39, 0.29) is 18.1 Å². The van der Waals surface area contributed by atoms with Gasteiger partial charge < -0.3 is 19.0 Å². The van der Waals surface area contributed by atoms with Gasteiger partial charge in [0.1, 0.15) is 12.4 Å². The van der Waals surface area contributed by atoms with Gasteiger partial charge in [-0.05, 0) is 29.8 Å². The second kappa shape index (κ2) is 8.06. The third kappa shape index (κ3) is 4.06. The van der Waals surface area contributed by atoms with Crippen molar-refractivity contribution in [2.75, 3.05) is 7.05 Å². The molecule has 1 N–H and O–H groups in total. The third-order valence-electron chi connectivity index (χ3n) is 4.68. The monoisotopic (exact) mass is 388 g/mol. The summed E-state index contributed by atoms with van der Waals surface area (Å²) in [6.45, 7) is 0.452. The molecule has 2 heterocycles. The Balaban J connectivity index is 1.52. The van der Waals surface area contributed by atoms with Gasteiger partial charge in [0, 0.05) is 30.6 Å². The van der Waals surface area contributed by atoms with E-state index in [9.17, 15) is 9.59 Å². The normalized spacial score (nSPS) is 10.8. The molecule has 0 unspecified atom stereocenters. The summed E-state index contributed by atoms with van der Waals surface area (Å²) < 4.78 is 11.2. The molecule has 2 aromatic carbocycles. The van der Waals surface area contributed by atoms with Crippen LogP contribution in [0.1, 0.15) is 21.7 Å². The lowest BCUT2D eigenvalue weighted by Crippen LogP contribution is -2.27. The highest BCUT2D eigenvalue weighted by Crippen LogP contribution is 2.20. The van der Waals surface area contributed by atoms with Crippen LogP contribution in [0, 0.1) is 0 Å². The van der Waals surface area contributed by atoms with Gasteiger partial charge in [0.25, 0.3) is 5.91 Å². The summed E-state index contributed by atoms with van der Waals surface area (Å²) in [5, 5.41) is 0.909. The molecule has 0 spiro atoms. The zero-order chi connectivity index (χ0) is 20.2. The number of benzene rings is 2. The number of aromatic nitrogens is 1. The van der Waals surface area contributed by atoms with Crippen LogP contribution >= 0.6 is 0 Å². The van der Waals surface area contributed by atoms with Crippen molar-refractivity contribution in [3.8, 4) is 5.75 Å². The molecule has 0 aliphatic heterocycles. The van der Waals surface area contributed by atoms with Crippen molar-refractivity contribution in [3.63, 3.8) is 0 Å². The molecule has 1 amide bonds. The molecule has 6 heteroatoms. The summed E-state index contributed by atoms with van der Waals surface area (Å²) in [4.78, 5) is 29.3. The quantitative estimate of drug-likeness (QED) is 0.542. The number of amides is 1. The molecule has 0 bridgehead atoms. The largest absolute Gasteiger partial charge is 0.486 e. The Labute approximate surface area is 167 Å². The Bertz CT molecular complexity index is 1190. The summed E-state index contributed by atoms with van der Waals surface area (Å²) in [5.41, 5.74) is 1.78. The lowest BCUT2D eigenvalue weighted by atomic mass is 10.1. The van der Waals surface area contributed by atoms with Crippen LogP contribution in [0.15, 0.2) is 82.2 Å². The van der Waals surface area contributed by atoms with Crippen LogP contribution in [0.25, 0.3) is 10.9 Å². The number of H-pyrrole nitrogens is 1. The Morgan fingerprint density at radius 1 is 1.07 bits per heavy atom. The summed E-state index contributed by atoms with van der Waals surface area (Å²) in [7, 11) is 1.70. The van der Waals surface area contributed by atoms with Crippen molar-refractivity contribution in [1.29, 1.82) is 0 Å². The minimum Gasteiger partial charge on any atom is -0.486 e. The van der Waals surface area contributed by atoms with E-state index >= 15 is 0 Å². The Morgan fingerprint density at radius 3 is 2.66 bits per heavy atom. The summed E-state index contributed by atoms with van der Waals surface area (Å²) in [6.07, 6.45) is 1.48. The molecule has 4 aromatic rings. The fraction of sp³-hybridized carbons (Fsp3) is 0.130. The third-order valence-corrected chi connectivity index (χ3v) is 4.68. The Kier molecular flexibility index (Phi) is 5.16. The second-order valence-corrected chi connectivity index (χ2v) is 6.72. The molecule has 4 rings (SSSR count). The molecule has 146 valence electrons. The molecule has 6 nitrogen and oxygen atoms in total. The van der Waals surface area contributed by atoms with Gasteiger partial charge in [-0.1, -0.05) is 36.4 Å². The number of carbonyl (C=O) groups is 1. The number of rotatable bonds is 6. The highest BCUT2D eigenvalue weighted by atomic mass is 16.5. The van der Waals surface area contributed by atoms with E-state index in [1.807, 2.05) is 54.6 Å². The van der Waals surface area contributed by atoms with Gasteiger partial charge in [0.05, 0.1) is 11.8 Å². The van der Waals surface area contributed by atoms with Crippen molar-refractivity contribution >= 4 is 16.8 Å². The van der Waals surface area contributed by atoms with Gasteiger partial charge in [-0.25, -0.2) is 0 Å². The number of nitrogens with zero attached hydrogens (tertiary/aromatic N) is 1. The van der Waals surface area contributed by atoms with Crippen molar-refractivity contribution < 1.29 is 13.9 Å². The maximum absolute atomic E-state index is 13.0. The molecule has 29 heavy (non-hydrogen) atoms. The van der Waals surface area contributed by atoms with Gasteiger partial charge in [0.2, 0.25) is 5.56 Å². The molecule has 0 radical (unpaired) electrons. The van der Waals surface area contributed by atoms with E-state index in [0.717, 1.165) is 16.5 Å². The fourth-order valence-corrected chi connectivity index (χ4v) is 3.25. The van der Waals surface area contributed by atoms with Crippen molar-refractivity contribution in [3.05, 3.63) is 100 Å². The average Bonchev–Trinajstić information content (AvgIpc) is 3.21. The molecule has 0 saturated carbocycles. The number of fused-ring (bicyclic) bond motifs is 1. The predicted molar refractivity (Wildman–Crippen MR) is 110 cm³/mol. The minimum atomic E-state index is -0.199. The zero-order valence-corrected chi connectivity index (χ0v) is 15.9. The molecule has 2 aromatic heterocycles. The number of hydrogen-bond donors (Lipinski definition) is 1. The van der Waals surface area contributed by atoms with E-state index < -0.39 is 0 Å². The number of aromatic amines is 1. The van der Waals surface area contributed by atoms with Crippen molar-refractivity contribution in [1.82, 2.24) is 9.88 Å². The van der Waals surface area contributed by atoms with Gasteiger partial charge in [-0.2, -0.15) is 0 Å². The first-order valence-corrected chi connectivity index (χ1v) is 9.22. The minimum absolute atomic E-state index is 0.153. The maximum atomic E-state index is 13.0. The lowest BCUT2D eigenvalue weighted by molar-refractivity contribution is 0.0780. The number of nitrogens with one attached hydrogen (secondary N) is 1. The van der Waals surface area contributed by atoms with Gasteiger partial charge in [-0.15, -0.1) is 0 Å². The SMILES string of the molecule is CN(Cc1cc(=O)[nH]c2ccccc12)C(=O)c1ccoc1COc1ccccc1. The number of furan rings is 1. The first-order chi connectivity index (χ1) is 14.1. The van der Waals surface area contributed by atoms with Crippen LogP contribution < -0.4 is 10.3 Å². The number of pyridine rings is 1. The molecule has 0 aliphatic carbocycles. The van der Waals surface area contributed by atoms with E-state index in [1.54, 1.807) is 18.0 Å². The van der Waals surface area contributed by atoms with Gasteiger partial charge in [0.15, 0.2) is 5.76 Å². The van der Waals surface area contributed by atoms with Gasteiger partial charge >= 0.3 is 0 Å². The molecular weight excluding hydrogens is 368 g/mol. The number of carbonyl (C=O) groups excluding carboxylic acids is 1. The van der Waals surface area contributed by atoms with Crippen molar-refractivity contribution in [2.45, 2.75) is 13.2 Å². The summed E-state index contributed by atoms with van der Waals surface area (Å²) >= 11 is 0. The zero-order valence-electron chi connectivity index (χ0n) is 15.9. The fourth-order valence-electron chi connectivity index (χ4n) is 3.25. The van der Waals surface area contributed by atoms with E-state index in [2.05, 4.69) is 4.98 Å². The van der Waals surface area contributed by atoms with Crippen LogP contribution in [-0.2, 0) is 13.2 Å². The van der Waals surface area contributed by atoms with Crippen LogP contribution in [0.4, 0.5) is 0 Å². The predicted octanol–water partition coefficient (Wildman–Crippen LogP) is 3.97. The summed E-state index contributed by atoms with van der Waals surface area (Å²) in [6, 6.07) is 20.0. The van der Waals surface area contributed by atoms with Crippen LogP contribution in [-0.4, -0.2) is 22.8 Å². The summed E-state index contributed by atoms with van der Waals surface area (Å²) in [5.74, 6) is 0.960. The highest BCUT2D eigenvalue weighted by molar-refractivity contribution is 5.95. The Morgan fingerprint density at radius 2 is 1.83 bits per heavy atom. The van der Waals surface area contributed by atoms with Crippen LogP contribution in [0.3, 0.4) is 0 Å². The Hall–Kier alpha value is -3.80. The smallest absolute Gasteiger partial charge is 0.257 e. The highest BCUT2D eigenvalue weighted by Gasteiger charge is 2.20. The first-order valence-electron chi connectivity index (χ1n) is 9.22. The molecular formula is C23H20N2O4. The first kappa shape index (κ1) is 18.6. The average molecular weight is 388 g/mol. The molecule has 0 saturated heterocycles. The molecule has 0 atom stereocenters. The van der Waals surface area contributed by atoms with E-state index in [0.29, 0.717) is 23.6 Å².